The van der Waals surface area contributed by atoms with Gasteiger partial charge in [-0.3, -0.25) is 9.59 Å². The van der Waals surface area contributed by atoms with Crippen molar-refractivity contribution in [3.05, 3.63) is 59.7 Å². The van der Waals surface area contributed by atoms with Crippen LogP contribution < -0.4 is 5.32 Å². The molecule has 8 heteroatoms. The highest BCUT2D eigenvalue weighted by Crippen LogP contribution is 2.44. The molecule has 184 valence electrons. The van der Waals surface area contributed by atoms with E-state index in [4.69, 9.17) is 9.47 Å². The maximum absolute atomic E-state index is 12.6. The summed E-state index contributed by atoms with van der Waals surface area (Å²) in [6.45, 7) is 1.03. The minimum Gasteiger partial charge on any atom is -0.481 e. The molecule has 0 saturated carbocycles. The van der Waals surface area contributed by atoms with E-state index in [9.17, 15) is 19.5 Å². The van der Waals surface area contributed by atoms with Gasteiger partial charge in [0, 0.05) is 24.5 Å². The number of hydrogen-bond donors (Lipinski definition) is 2. The Balaban J connectivity index is 1.01. The molecule has 8 nitrogen and oxygen atoms in total. The summed E-state index contributed by atoms with van der Waals surface area (Å²) in [7, 11) is 0. The summed E-state index contributed by atoms with van der Waals surface area (Å²) in [5.41, 5.74) is 4.69. The zero-order valence-electron chi connectivity index (χ0n) is 19.5. The number of fused-ring (bicyclic) bond motifs is 5. The lowest BCUT2D eigenvalue weighted by atomic mass is 9.89. The van der Waals surface area contributed by atoms with E-state index in [-0.39, 0.29) is 56.7 Å². The number of carbonyl (C=O) groups excluding carboxylic acids is 2. The molecule has 2 fully saturated rings. The third kappa shape index (κ3) is 4.62. The van der Waals surface area contributed by atoms with Gasteiger partial charge in [0.2, 0.25) is 5.91 Å². The first-order valence-corrected chi connectivity index (χ1v) is 12.2. The van der Waals surface area contributed by atoms with Crippen molar-refractivity contribution in [3.8, 4) is 11.1 Å². The Morgan fingerprint density at radius 1 is 0.971 bits per heavy atom. The van der Waals surface area contributed by atoms with Crippen LogP contribution in [0, 0.1) is 5.92 Å². The largest absolute Gasteiger partial charge is 0.481 e. The molecule has 3 atom stereocenters. The zero-order valence-corrected chi connectivity index (χ0v) is 19.5. The Morgan fingerprint density at radius 3 is 2.31 bits per heavy atom. The van der Waals surface area contributed by atoms with Crippen molar-refractivity contribution in [1.29, 1.82) is 0 Å². The maximum atomic E-state index is 12.6. The SMILES string of the molecule is O=C(NCCOCCC(=O)N1C2CCC1C(C(=O)O)C2)OCC1c2ccccc2-c2ccccc21. The molecule has 3 aliphatic rings. The lowest BCUT2D eigenvalue weighted by Crippen LogP contribution is -2.38. The van der Waals surface area contributed by atoms with Crippen LogP contribution in [0.25, 0.3) is 11.1 Å². The molecule has 2 heterocycles. The van der Waals surface area contributed by atoms with E-state index >= 15 is 0 Å². The lowest BCUT2D eigenvalue weighted by Gasteiger charge is -2.23. The van der Waals surface area contributed by atoms with Crippen LogP contribution in [0.5, 0.6) is 0 Å². The van der Waals surface area contributed by atoms with Crippen molar-refractivity contribution < 1.29 is 29.0 Å². The van der Waals surface area contributed by atoms with Crippen LogP contribution >= 0.6 is 0 Å². The molecule has 0 radical (unpaired) electrons. The summed E-state index contributed by atoms with van der Waals surface area (Å²) in [6.07, 6.45) is 1.91. The highest BCUT2D eigenvalue weighted by molar-refractivity contribution is 5.81. The summed E-state index contributed by atoms with van der Waals surface area (Å²) in [5, 5.41) is 12.0. The Bertz CT molecular complexity index is 1070. The van der Waals surface area contributed by atoms with E-state index < -0.39 is 18.0 Å². The third-order valence-electron chi connectivity index (χ3n) is 7.46. The number of alkyl carbamates (subject to hydrolysis) is 1. The molecule has 2 aromatic carbocycles. The van der Waals surface area contributed by atoms with Gasteiger partial charge in [0.25, 0.3) is 0 Å². The molecule has 5 rings (SSSR count). The fraction of sp³-hybridized carbons (Fsp3) is 0.444. The van der Waals surface area contributed by atoms with Gasteiger partial charge in [-0.2, -0.15) is 0 Å². The molecular weight excluding hydrogens is 448 g/mol. The summed E-state index contributed by atoms with van der Waals surface area (Å²) < 4.78 is 11.0. The molecular formula is C27H30N2O6. The van der Waals surface area contributed by atoms with Gasteiger partial charge in [-0.05, 0) is 41.5 Å². The molecule has 3 unspecified atom stereocenters. The van der Waals surface area contributed by atoms with Crippen LogP contribution in [0.2, 0.25) is 0 Å². The minimum absolute atomic E-state index is 0.0111. The van der Waals surface area contributed by atoms with Crippen LogP contribution in [0.15, 0.2) is 48.5 Å². The molecule has 35 heavy (non-hydrogen) atoms. The predicted molar refractivity (Wildman–Crippen MR) is 128 cm³/mol. The standard InChI is InChI=1S/C27H30N2O6/c30-25(29-17-9-10-24(29)22(15-17)26(31)32)11-13-34-14-12-28-27(33)35-16-23-20-7-3-1-5-18(20)19-6-2-4-8-21(19)23/h1-8,17,22-24H,9-16H2,(H,28,33)(H,31,32). The molecule has 0 aromatic heterocycles. The van der Waals surface area contributed by atoms with Crippen molar-refractivity contribution in [2.75, 3.05) is 26.4 Å². The highest BCUT2D eigenvalue weighted by atomic mass is 16.5. The van der Waals surface area contributed by atoms with Gasteiger partial charge >= 0.3 is 12.1 Å². The third-order valence-corrected chi connectivity index (χ3v) is 7.46. The fourth-order valence-electron chi connectivity index (χ4n) is 5.91. The predicted octanol–water partition coefficient (Wildman–Crippen LogP) is 3.40. The number of aliphatic carboxylic acids is 1. The number of carboxylic acids is 1. The van der Waals surface area contributed by atoms with E-state index in [1.54, 1.807) is 4.90 Å². The van der Waals surface area contributed by atoms with Gasteiger partial charge in [-0.25, -0.2) is 4.79 Å². The molecule has 0 spiro atoms. The summed E-state index contributed by atoms with van der Waals surface area (Å²) in [5.74, 6) is -1.30. The average molecular weight is 479 g/mol. The first-order chi connectivity index (χ1) is 17.0. The van der Waals surface area contributed by atoms with Crippen molar-refractivity contribution in [2.45, 2.75) is 43.7 Å². The number of benzene rings is 2. The number of rotatable bonds is 9. The van der Waals surface area contributed by atoms with Gasteiger partial charge in [0.05, 0.1) is 25.6 Å². The molecule has 2 aliphatic heterocycles. The molecule has 2 amide bonds. The molecule has 2 saturated heterocycles. The number of nitrogens with zero attached hydrogens (tertiary/aromatic N) is 1. The monoisotopic (exact) mass is 478 g/mol. The number of ether oxygens (including phenoxy) is 2. The number of nitrogens with one attached hydrogen (secondary N) is 1. The first-order valence-electron chi connectivity index (χ1n) is 12.2. The van der Waals surface area contributed by atoms with Crippen LogP contribution in [0.4, 0.5) is 4.79 Å². The molecule has 2 aromatic rings. The van der Waals surface area contributed by atoms with E-state index in [2.05, 4.69) is 29.6 Å². The number of hydrogen-bond acceptors (Lipinski definition) is 5. The second kappa shape index (κ2) is 10.1. The van der Waals surface area contributed by atoms with Crippen molar-refractivity contribution in [3.63, 3.8) is 0 Å². The second-order valence-electron chi connectivity index (χ2n) is 9.39. The number of amides is 2. The molecule has 2 N–H and O–H groups in total. The van der Waals surface area contributed by atoms with Gasteiger partial charge in [-0.15, -0.1) is 0 Å². The fourth-order valence-corrected chi connectivity index (χ4v) is 5.91. The quantitative estimate of drug-likeness (QED) is 0.536. The number of carbonyl (C=O) groups is 3. The van der Waals surface area contributed by atoms with Gasteiger partial charge in [-0.1, -0.05) is 48.5 Å². The highest BCUT2D eigenvalue weighted by Gasteiger charge is 2.50. The Kier molecular flexibility index (Phi) is 6.72. The van der Waals surface area contributed by atoms with E-state index in [0.717, 1.165) is 24.0 Å². The summed E-state index contributed by atoms with van der Waals surface area (Å²) in [4.78, 5) is 37.9. The number of carboxylic acid groups (broad SMARTS) is 1. The molecule has 2 bridgehead atoms. The average Bonchev–Trinajstić information content (AvgIpc) is 3.54. The van der Waals surface area contributed by atoms with Crippen LogP contribution in [-0.2, 0) is 19.1 Å². The van der Waals surface area contributed by atoms with Crippen LogP contribution in [-0.4, -0.2) is 66.4 Å². The normalized spacial score (nSPS) is 22.1. The first kappa shape index (κ1) is 23.4. The zero-order chi connectivity index (χ0) is 24.4. The summed E-state index contributed by atoms with van der Waals surface area (Å²) >= 11 is 0. The van der Waals surface area contributed by atoms with E-state index in [1.165, 1.54) is 11.1 Å². The van der Waals surface area contributed by atoms with Gasteiger partial charge in [0.1, 0.15) is 6.61 Å². The Morgan fingerprint density at radius 2 is 1.66 bits per heavy atom. The summed E-state index contributed by atoms with van der Waals surface area (Å²) in [6, 6.07) is 16.2. The van der Waals surface area contributed by atoms with Gasteiger partial charge in [0.15, 0.2) is 0 Å². The minimum atomic E-state index is -0.814. The lowest BCUT2D eigenvalue weighted by molar-refractivity contribution is -0.143. The van der Waals surface area contributed by atoms with Crippen molar-refractivity contribution in [1.82, 2.24) is 10.2 Å². The van der Waals surface area contributed by atoms with E-state index in [0.29, 0.717) is 6.42 Å². The van der Waals surface area contributed by atoms with Crippen LogP contribution in [0.1, 0.15) is 42.7 Å². The smallest absolute Gasteiger partial charge is 0.407 e. The molecule has 1 aliphatic carbocycles. The van der Waals surface area contributed by atoms with Gasteiger partial charge < -0.3 is 24.8 Å². The Labute approximate surface area is 204 Å². The van der Waals surface area contributed by atoms with Crippen LogP contribution in [0.3, 0.4) is 0 Å². The second-order valence-corrected chi connectivity index (χ2v) is 9.39. The maximum Gasteiger partial charge on any atom is 0.407 e. The van der Waals surface area contributed by atoms with Crippen molar-refractivity contribution >= 4 is 18.0 Å². The van der Waals surface area contributed by atoms with E-state index in [1.807, 2.05) is 24.3 Å². The topological polar surface area (TPSA) is 105 Å². The van der Waals surface area contributed by atoms with Crippen molar-refractivity contribution in [2.24, 2.45) is 5.92 Å². The Hall–Kier alpha value is -3.39.